The van der Waals surface area contributed by atoms with Crippen molar-refractivity contribution in [2.24, 2.45) is 0 Å². The van der Waals surface area contributed by atoms with Gasteiger partial charge in [0.05, 0.1) is 5.56 Å². The summed E-state index contributed by atoms with van der Waals surface area (Å²) in [7, 11) is 0. The molecule has 8 aromatic rings. The normalized spacial score (nSPS) is 9.89. The van der Waals surface area contributed by atoms with Crippen LogP contribution in [0.5, 0.6) is 46.0 Å². The summed E-state index contributed by atoms with van der Waals surface area (Å²) < 4.78 is 148. The van der Waals surface area contributed by atoms with Crippen LogP contribution in [0.3, 0.4) is 0 Å². The molecule has 0 heterocycles. The van der Waals surface area contributed by atoms with Crippen LogP contribution in [-0.2, 0) is 6.18 Å². The third kappa shape index (κ3) is 27.6. The molecule has 0 unspecified atom stereocenters. The molecule has 0 radical (unpaired) electrons. The summed E-state index contributed by atoms with van der Waals surface area (Å²) in [4.78, 5) is 0. The minimum Gasteiger partial charge on any atom is -0.508 e. The number of aryl methyl sites for hydroxylation is 3. The van der Waals surface area contributed by atoms with E-state index in [2.05, 4.69) is 67.8 Å². The molecule has 0 aliphatic carbocycles. The average molecular weight is 1400 g/mol. The Hall–Kier alpha value is -6.49. The number of aromatic hydroxyl groups is 8. The summed E-state index contributed by atoms with van der Waals surface area (Å²) in [5.41, 5.74) is 1.85. The van der Waals surface area contributed by atoms with Crippen molar-refractivity contribution >= 4 is 67.8 Å². The number of benzene rings is 8. The summed E-state index contributed by atoms with van der Waals surface area (Å²) >= 11 is 6.61. The van der Waals surface area contributed by atoms with E-state index in [9.17, 15) is 52.7 Å². The second kappa shape index (κ2) is 32.7. The van der Waals surface area contributed by atoms with Crippen LogP contribution in [0.25, 0.3) is 0 Å². The molecule has 8 N–H and O–H groups in total. The molecule has 0 saturated heterocycles. The summed E-state index contributed by atoms with van der Waals surface area (Å²) in [5.74, 6) is -11.4. The molecule has 0 atom stereocenters. The lowest BCUT2D eigenvalue weighted by Gasteiger charge is -2.07. The number of alkyl halides is 3. The molecule has 0 saturated carbocycles. The highest BCUT2D eigenvalue weighted by molar-refractivity contribution is 14.1. The number of halogens is 15. The summed E-state index contributed by atoms with van der Waals surface area (Å²) in [6.07, 6.45) is -4.39. The van der Waals surface area contributed by atoms with Crippen LogP contribution in [0.1, 0.15) is 22.3 Å². The van der Waals surface area contributed by atoms with Gasteiger partial charge >= 0.3 is 6.18 Å². The highest BCUT2D eigenvalue weighted by atomic mass is 127. The molecule has 0 bridgehead atoms. The van der Waals surface area contributed by atoms with Gasteiger partial charge in [-0.25, -0.2) is 35.1 Å². The Morgan fingerprint density at radius 2 is 0.800 bits per heavy atom. The smallest absolute Gasteiger partial charge is 0.416 e. The maximum absolute atomic E-state index is 12.1. The van der Waals surface area contributed by atoms with Crippen LogP contribution in [-0.4, -0.2) is 40.9 Å². The van der Waals surface area contributed by atoms with Crippen molar-refractivity contribution in [1.29, 1.82) is 0 Å². The zero-order chi connectivity index (χ0) is 57.3. The molecule has 8 rings (SSSR count). The molecule has 0 aliphatic heterocycles. The molecule has 402 valence electrons. The van der Waals surface area contributed by atoms with E-state index in [0.29, 0.717) is 47.1 Å². The van der Waals surface area contributed by atoms with Crippen molar-refractivity contribution in [3.05, 3.63) is 231 Å². The van der Waals surface area contributed by atoms with E-state index in [-0.39, 0.29) is 11.5 Å². The molecule has 0 amide bonds. The van der Waals surface area contributed by atoms with Crippen LogP contribution in [0.15, 0.2) is 146 Å². The summed E-state index contributed by atoms with van der Waals surface area (Å²) in [6, 6.07) is 29.9. The molecule has 8 nitrogen and oxygen atoms in total. The lowest BCUT2D eigenvalue weighted by molar-refractivity contribution is -0.137. The predicted octanol–water partition coefficient (Wildman–Crippen LogP) is 16.1. The maximum atomic E-state index is 12.1. The van der Waals surface area contributed by atoms with Crippen LogP contribution in [0, 0.1) is 83.8 Å². The van der Waals surface area contributed by atoms with Gasteiger partial charge in [-0.1, -0.05) is 12.1 Å². The number of hydrogen-bond donors (Lipinski definition) is 8. The van der Waals surface area contributed by atoms with Crippen molar-refractivity contribution in [1.82, 2.24) is 0 Å². The third-order valence-corrected chi connectivity index (χ3v) is 11.2. The summed E-state index contributed by atoms with van der Waals surface area (Å²) in [6.45, 7) is 5.48. The average Bonchev–Trinajstić information content (AvgIpc) is 3.29. The first-order chi connectivity index (χ1) is 34.8. The van der Waals surface area contributed by atoms with Crippen molar-refractivity contribution < 1.29 is 93.5 Å². The van der Waals surface area contributed by atoms with E-state index >= 15 is 0 Å². The van der Waals surface area contributed by atoms with Crippen molar-refractivity contribution in [3.63, 3.8) is 0 Å². The van der Waals surface area contributed by atoms with Gasteiger partial charge in [0.1, 0.15) is 51.9 Å². The number of rotatable bonds is 0. The largest absolute Gasteiger partial charge is 0.508 e. The molecule has 0 fully saturated rings. The zero-order valence-electron chi connectivity index (χ0n) is 38.6. The van der Waals surface area contributed by atoms with Gasteiger partial charge in [-0.15, -0.1) is 0 Å². The minimum absolute atomic E-state index is 0.270. The van der Waals surface area contributed by atoms with Gasteiger partial charge in [-0.2, -0.15) is 17.6 Å². The number of phenols is 8. The van der Waals surface area contributed by atoms with E-state index in [0.717, 1.165) is 66.8 Å². The van der Waals surface area contributed by atoms with Crippen LogP contribution < -0.4 is 0 Å². The monoisotopic (exact) mass is 1400 g/mol. The number of hydrogen-bond acceptors (Lipinski definition) is 8. The lowest BCUT2D eigenvalue weighted by Crippen LogP contribution is -2.04. The zero-order valence-corrected chi connectivity index (χ0v) is 45.1. The van der Waals surface area contributed by atoms with Crippen LogP contribution in [0.2, 0.25) is 0 Å². The van der Waals surface area contributed by atoms with Crippen LogP contribution in [0.4, 0.5) is 52.7 Å². The van der Waals surface area contributed by atoms with Gasteiger partial charge in [-0.3, -0.25) is 0 Å². The fraction of sp³-hybridized carbons (Fsp3) is 0.0769. The van der Waals surface area contributed by atoms with E-state index < -0.39 is 81.3 Å². The topological polar surface area (TPSA) is 162 Å². The highest BCUT2D eigenvalue weighted by Crippen LogP contribution is 2.32. The van der Waals surface area contributed by atoms with Gasteiger partial charge in [0, 0.05) is 47.1 Å². The van der Waals surface area contributed by atoms with Gasteiger partial charge in [0.25, 0.3) is 0 Å². The van der Waals surface area contributed by atoms with Gasteiger partial charge in [0.15, 0.2) is 46.5 Å². The Labute approximate surface area is 461 Å². The quantitative estimate of drug-likeness (QED) is 0.0423. The third-order valence-electron chi connectivity index (χ3n) is 8.10. The van der Waals surface area contributed by atoms with E-state index in [1.807, 2.05) is 38.1 Å². The molecule has 0 aliphatic rings. The molecule has 23 heteroatoms. The second-order valence-electron chi connectivity index (χ2n) is 14.4. The standard InChI is InChI=1S/C8H7F3O.C8H9IO.C6H3F3O.3C6H4F2O.2C6H5IO/c1-5-2-6(8(9,10)11)4-7(12)3-5;1-5-3-7(10)4-6(2)8(5)9;7-4-1-3(10)2-5(8)6(4)9;7-4-1-5(8)3-6(9)2-4;7-5-2-1-4(9)3-6(5)8;7-4-2-1-3-5(9)6(4)8;7-5-1-3-6(8)4-2-5;7-5-2-1-3-6(8)4-5/h2-4,12H,1H3;3-4,10H,1-2H3;1-2,10H;3*1-3,9H;2*1-4,8H. The fourth-order valence-corrected chi connectivity index (χ4v) is 6.02. The van der Waals surface area contributed by atoms with Gasteiger partial charge < -0.3 is 40.9 Å². The predicted molar refractivity (Wildman–Crippen MR) is 282 cm³/mol. The lowest BCUT2D eigenvalue weighted by atomic mass is 10.1. The van der Waals surface area contributed by atoms with Crippen molar-refractivity contribution in [2.75, 3.05) is 0 Å². The van der Waals surface area contributed by atoms with Crippen LogP contribution >= 0.6 is 67.8 Å². The van der Waals surface area contributed by atoms with Crippen molar-refractivity contribution in [2.45, 2.75) is 26.9 Å². The molecule has 8 aromatic carbocycles. The molecular formula is C52H41F12I3O8. The first-order valence-corrected chi connectivity index (χ1v) is 23.5. The van der Waals surface area contributed by atoms with E-state index in [1.165, 1.54) is 22.6 Å². The Morgan fingerprint density at radius 3 is 1.20 bits per heavy atom. The molecular weight excluding hydrogens is 1360 g/mol. The fourth-order valence-electron chi connectivity index (χ4n) is 4.83. The van der Waals surface area contributed by atoms with Gasteiger partial charge in [0.2, 0.25) is 0 Å². The SMILES string of the molecule is Cc1cc(O)cc(C(F)(F)F)c1.Cc1cc(O)cc(C)c1I.Oc1cc(F)c(F)c(F)c1.Oc1cc(F)cc(F)c1.Oc1ccc(F)c(F)c1.Oc1ccc(I)cc1.Oc1cccc(F)c1F.Oc1cccc(I)c1. The Morgan fingerprint density at radius 1 is 0.347 bits per heavy atom. The van der Waals surface area contributed by atoms with Crippen molar-refractivity contribution in [3.8, 4) is 46.0 Å². The molecule has 75 heavy (non-hydrogen) atoms. The van der Waals surface area contributed by atoms with E-state index in [4.69, 9.17) is 40.9 Å². The number of phenolic OH excluding ortho intramolecular Hbond substituents is 8. The Bertz CT molecular complexity index is 2830. The molecule has 0 spiro atoms. The van der Waals surface area contributed by atoms with Gasteiger partial charge in [-0.05, 0) is 202 Å². The minimum atomic E-state index is -4.39. The maximum Gasteiger partial charge on any atom is 0.416 e. The first kappa shape index (κ1) is 66.5. The summed E-state index contributed by atoms with van der Waals surface area (Å²) in [5, 5.41) is 69.5. The Balaban J connectivity index is 0.000000430. The highest BCUT2D eigenvalue weighted by Gasteiger charge is 2.30. The van der Waals surface area contributed by atoms with E-state index in [1.54, 1.807) is 36.4 Å². The molecule has 0 aromatic heterocycles. The Kier molecular flexibility index (Phi) is 29.0. The second-order valence-corrected chi connectivity index (χ2v) is 18.0. The first-order valence-electron chi connectivity index (χ1n) is 20.3.